The first-order valence-electron chi connectivity index (χ1n) is 12.1. The second-order valence-electron chi connectivity index (χ2n) is 9.06. The van der Waals surface area contributed by atoms with Gasteiger partial charge in [0.2, 0.25) is 0 Å². The number of nitrogens with one attached hydrogen (secondary N) is 1. The molecule has 0 bridgehead atoms. The molecule has 0 aliphatic rings. The van der Waals surface area contributed by atoms with E-state index >= 15 is 0 Å². The van der Waals surface area contributed by atoms with Gasteiger partial charge in [0.05, 0.1) is 27.2 Å². The van der Waals surface area contributed by atoms with E-state index < -0.39 is 0 Å². The Morgan fingerprint density at radius 1 is 0.946 bits per heavy atom. The lowest BCUT2D eigenvalue weighted by Gasteiger charge is -2.12. The molecule has 0 unspecified atom stereocenters. The summed E-state index contributed by atoms with van der Waals surface area (Å²) in [6.45, 7) is 2.06. The van der Waals surface area contributed by atoms with Crippen molar-refractivity contribution < 1.29 is 4.79 Å². The van der Waals surface area contributed by atoms with E-state index in [0.29, 0.717) is 29.6 Å². The second kappa shape index (κ2) is 9.56. The zero-order valence-electron chi connectivity index (χ0n) is 20.2. The number of ketones is 1. The predicted molar refractivity (Wildman–Crippen MR) is 150 cm³/mol. The van der Waals surface area contributed by atoms with Crippen molar-refractivity contribution in [2.45, 2.75) is 19.8 Å². The molecule has 4 aromatic heterocycles. The molecule has 0 spiro atoms. The highest BCUT2D eigenvalue weighted by molar-refractivity contribution is 7.15. The molecule has 0 saturated carbocycles. The number of fused-ring (bicyclic) bond motifs is 2. The van der Waals surface area contributed by atoms with E-state index in [1.807, 2.05) is 66.7 Å². The Kier molecular flexibility index (Phi) is 5.94. The molecule has 0 atom stereocenters. The van der Waals surface area contributed by atoms with Gasteiger partial charge in [-0.05, 0) is 60.9 Å². The number of benzene rings is 2. The van der Waals surface area contributed by atoms with Gasteiger partial charge >= 0.3 is 0 Å². The Morgan fingerprint density at radius 2 is 1.81 bits per heavy atom. The molecule has 2 aromatic carbocycles. The Morgan fingerprint density at radius 3 is 2.62 bits per heavy atom. The number of carbonyl (C=O) groups excluding carboxylic acids is 1. The van der Waals surface area contributed by atoms with Crippen LogP contribution in [0.2, 0.25) is 0 Å². The molecule has 6 heteroatoms. The molecule has 0 aliphatic carbocycles. The van der Waals surface area contributed by atoms with E-state index in [1.54, 1.807) is 17.5 Å². The number of carbonyl (C=O) groups is 1. The van der Waals surface area contributed by atoms with Gasteiger partial charge in [0.25, 0.3) is 0 Å². The number of aryl methyl sites for hydroxylation is 2. The van der Waals surface area contributed by atoms with Crippen LogP contribution in [0.15, 0.2) is 95.9 Å². The molecule has 6 aromatic rings. The highest BCUT2D eigenvalue weighted by atomic mass is 32.1. The van der Waals surface area contributed by atoms with Gasteiger partial charge in [-0.3, -0.25) is 14.6 Å². The van der Waals surface area contributed by atoms with Crippen LogP contribution in [0, 0.1) is 6.92 Å². The van der Waals surface area contributed by atoms with Gasteiger partial charge in [-0.2, -0.15) is 0 Å². The predicted octanol–water partition coefficient (Wildman–Crippen LogP) is 6.99. The van der Waals surface area contributed by atoms with Crippen molar-refractivity contribution in [1.29, 1.82) is 0 Å². The Balaban J connectivity index is 1.46. The number of hydrogen-bond donors (Lipinski definition) is 1. The minimum Gasteiger partial charge on any atom is -0.337 e. The molecular weight excluding hydrogens is 478 g/mol. The molecule has 0 aliphatic heterocycles. The van der Waals surface area contributed by atoms with Crippen molar-refractivity contribution in [2.75, 3.05) is 0 Å². The first-order chi connectivity index (χ1) is 18.0. The van der Waals surface area contributed by atoms with Crippen molar-refractivity contribution in [1.82, 2.24) is 15.0 Å². The number of pyridine rings is 3. The average molecular weight is 502 g/mol. The largest absolute Gasteiger partial charge is 0.337 e. The Labute approximate surface area is 217 Å². The fourth-order valence-electron chi connectivity index (χ4n) is 4.57. The minimum atomic E-state index is -0.220. The summed E-state index contributed by atoms with van der Waals surface area (Å²) in [5.74, 6) is -0.107. The maximum absolute atomic E-state index is 13.2. The molecule has 37 heavy (non-hydrogen) atoms. The van der Waals surface area contributed by atoms with E-state index in [0.717, 1.165) is 38.2 Å². The van der Waals surface area contributed by atoms with Gasteiger partial charge in [-0.25, -0.2) is 4.98 Å². The third kappa shape index (κ3) is 4.59. The van der Waals surface area contributed by atoms with Gasteiger partial charge in [-0.1, -0.05) is 42.5 Å². The SMILES string of the molecule is Cc1ccc(-c2nc3[nH]c(C(=O)CCc4ccccc4)cc(=O)c3cc2-c2ccc3ncccc3c2)s1. The fraction of sp³-hybridized carbons (Fsp3) is 0.0968. The smallest absolute Gasteiger partial charge is 0.191 e. The molecule has 0 fully saturated rings. The number of aromatic nitrogens is 3. The molecule has 180 valence electrons. The number of nitrogens with zero attached hydrogens (tertiary/aromatic N) is 2. The summed E-state index contributed by atoms with van der Waals surface area (Å²) >= 11 is 1.65. The van der Waals surface area contributed by atoms with E-state index in [-0.39, 0.29) is 11.2 Å². The third-order valence-corrected chi connectivity index (χ3v) is 7.50. The monoisotopic (exact) mass is 501 g/mol. The lowest BCUT2D eigenvalue weighted by atomic mass is 9.99. The van der Waals surface area contributed by atoms with E-state index in [9.17, 15) is 9.59 Å². The zero-order valence-corrected chi connectivity index (χ0v) is 21.0. The van der Waals surface area contributed by atoms with Crippen LogP contribution in [0.3, 0.4) is 0 Å². The van der Waals surface area contributed by atoms with Crippen LogP contribution < -0.4 is 5.43 Å². The first kappa shape index (κ1) is 23.0. The van der Waals surface area contributed by atoms with E-state index in [4.69, 9.17) is 4.98 Å². The fourth-order valence-corrected chi connectivity index (χ4v) is 5.44. The number of rotatable bonds is 6. The highest BCUT2D eigenvalue weighted by Gasteiger charge is 2.17. The number of H-pyrrole nitrogens is 1. The van der Waals surface area contributed by atoms with Gasteiger partial charge in [0, 0.05) is 34.5 Å². The van der Waals surface area contributed by atoms with Crippen molar-refractivity contribution in [3.8, 4) is 21.7 Å². The van der Waals surface area contributed by atoms with Crippen molar-refractivity contribution in [2.24, 2.45) is 0 Å². The van der Waals surface area contributed by atoms with Crippen LogP contribution in [-0.2, 0) is 6.42 Å². The topological polar surface area (TPSA) is 75.7 Å². The zero-order chi connectivity index (χ0) is 25.4. The summed E-state index contributed by atoms with van der Waals surface area (Å²) < 4.78 is 0. The van der Waals surface area contributed by atoms with Crippen LogP contribution in [0.25, 0.3) is 43.6 Å². The molecule has 0 amide bonds. The van der Waals surface area contributed by atoms with Crippen LogP contribution in [0.4, 0.5) is 0 Å². The van der Waals surface area contributed by atoms with Crippen molar-refractivity contribution in [3.05, 3.63) is 117 Å². The number of thiophene rings is 1. The third-order valence-electron chi connectivity index (χ3n) is 6.49. The van der Waals surface area contributed by atoms with Gasteiger partial charge in [-0.15, -0.1) is 11.3 Å². The summed E-state index contributed by atoms with van der Waals surface area (Å²) in [7, 11) is 0. The van der Waals surface area contributed by atoms with Crippen LogP contribution >= 0.6 is 11.3 Å². The van der Waals surface area contributed by atoms with E-state index in [2.05, 4.69) is 29.0 Å². The quantitative estimate of drug-likeness (QED) is 0.250. The number of aromatic amines is 1. The van der Waals surface area contributed by atoms with Gasteiger partial charge in [0.1, 0.15) is 5.65 Å². The maximum atomic E-state index is 13.2. The van der Waals surface area contributed by atoms with Gasteiger partial charge in [0.15, 0.2) is 11.2 Å². The molecule has 0 saturated heterocycles. The molecule has 6 rings (SSSR count). The molecule has 4 heterocycles. The van der Waals surface area contributed by atoms with Gasteiger partial charge < -0.3 is 4.98 Å². The van der Waals surface area contributed by atoms with Crippen LogP contribution in [-0.4, -0.2) is 20.7 Å². The van der Waals surface area contributed by atoms with Crippen molar-refractivity contribution >= 4 is 39.1 Å². The van der Waals surface area contributed by atoms with E-state index in [1.165, 1.54) is 10.9 Å². The molecular formula is C31H23N3O2S. The lowest BCUT2D eigenvalue weighted by molar-refractivity contribution is 0.0978. The Bertz CT molecular complexity index is 1840. The average Bonchev–Trinajstić information content (AvgIpc) is 3.37. The first-order valence-corrected chi connectivity index (χ1v) is 12.9. The van der Waals surface area contributed by atoms with Crippen molar-refractivity contribution in [3.63, 3.8) is 0 Å². The summed E-state index contributed by atoms with van der Waals surface area (Å²) in [5.41, 5.74) is 5.08. The summed E-state index contributed by atoms with van der Waals surface area (Å²) in [5, 5.41) is 1.47. The minimum absolute atomic E-state index is 0.107. The summed E-state index contributed by atoms with van der Waals surface area (Å²) in [6, 6.07) is 27.3. The molecule has 5 nitrogen and oxygen atoms in total. The summed E-state index contributed by atoms with van der Waals surface area (Å²) in [6.07, 6.45) is 2.70. The highest BCUT2D eigenvalue weighted by Crippen LogP contribution is 2.36. The molecule has 0 radical (unpaired) electrons. The van der Waals surface area contributed by atoms with Crippen LogP contribution in [0.1, 0.15) is 27.3 Å². The standard InChI is InChI=1S/C31H23N3O2S/c1-19-9-14-29(37-19)30-23(21-11-12-25-22(16-21)8-5-15-32-25)17-24-28(36)18-26(33-31(24)34-30)27(35)13-10-20-6-3-2-4-7-20/h2-9,11-12,14-18H,10,13H2,1H3,(H,33,34,36). The van der Waals surface area contributed by atoms with Crippen LogP contribution in [0.5, 0.6) is 0 Å². The summed E-state index contributed by atoms with van der Waals surface area (Å²) in [4.78, 5) is 40.9. The number of Topliss-reactive ketones (excluding diaryl/α,β-unsaturated/α-hetero) is 1. The molecule has 1 N–H and O–H groups in total. The number of hydrogen-bond acceptors (Lipinski definition) is 5. The maximum Gasteiger partial charge on any atom is 0.191 e. The lowest BCUT2D eigenvalue weighted by Crippen LogP contribution is -2.12. The Hall–Kier alpha value is -4.42. The second-order valence-corrected chi connectivity index (χ2v) is 10.3. The normalized spacial score (nSPS) is 11.3.